The maximum Gasteiger partial charge on any atom is 0.175 e. The molecule has 1 heterocycles. The van der Waals surface area contributed by atoms with Gasteiger partial charge in [0.2, 0.25) is 0 Å². The summed E-state index contributed by atoms with van der Waals surface area (Å²) in [5.41, 5.74) is 7.22. The van der Waals surface area contributed by atoms with Gasteiger partial charge in [0.25, 0.3) is 0 Å². The van der Waals surface area contributed by atoms with Crippen LogP contribution in [0, 0.1) is 0 Å². The van der Waals surface area contributed by atoms with Crippen molar-refractivity contribution in [1.82, 2.24) is 0 Å². The first kappa shape index (κ1) is 27.3. The Balaban J connectivity index is 1.58. The number of halogens is 1. The Morgan fingerprint density at radius 3 is 2.26 bits per heavy atom. The smallest absolute Gasteiger partial charge is 0.175 e. The highest BCUT2D eigenvalue weighted by Gasteiger charge is 2.36. The number of para-hydroxylation sites is 2. The molecule has 3 aromatic carbocycles. The molecule has 0 spiro atoms. The Morgan fingerprint density at radius 1 is 0.897 bits per heavy atom. The molecule has 5 nitrogen and oxygen atoms in total. The summed E-state index contributed by atoms with van der Waals surface area (Å²) in [6.07, 6.45) is 1.24. The lowest BCUT2D eigenvalue weighted by Crippen LogP contribution is -2.27. The summed E-state index contributed by atoms with van der Waals surface area (Å²) in [6, 6.07) is 20.6. The number of hydrogen-bond donors (Lipinski definition) is 2. The average molecular weight is 590 g/mol. The topological polar surface area (TPSA) is 59.6 Å². The summed E-state index contributed by atoms with van der Waals surface area (Å²) in [5.74, 6) is 1.62. The minimum absolute atomic E-state index is 0.0917. The maximum atomic E-state index is 14.0. The van der Waals surface area contributed by atoms with E-state index < -0.39 is 0 Å². The molecule has 1 aliphatic heterocycles. The van der Waals surface area contributed by atoms with Crippen LogP contribution in [0.2, 0.25) is 0 Å². The average Bonchev–Trinajstić information content (AvgIpc) is 3.07. The van der Waals surface area contributed by atoms with Gasteiger partial charge in [0.1, 0.15) is 0 Å². The Kier molecular flexibility index (Phi) is 7.77. The molecule has 204 valence electrons. The van der Waals surface area contributed by atoms with Crippen molar-refractivity contribution in [2.24, 2.45) is 0 Å². The summed E-state index contributed by atoms with van der Waals surface area (Å²) in [5, 5.41) is 7.32. The number of hydrogen-bond acceptors (Lipinski definition) is 5. The molecule has 2 unspecified atom stereocenters. The van der Waals surface area contributed by atoms with Gasteiger partial charge in [0, 0.05) is 17.7 Å². The molecule has 5 rings (SSSR count). The number of allylic oxidation sites excluding steroid dienone is 1. The summed E-state index contributed by atoms with van der Waals surface area (Å²) in [4.78, 5) is 14.0. The van der Waals surface area contributed by atoms with E-state index in [1.54, 1.807) is 0 Å². The van der Waals surface area contributed by atoms with Crippen LogP contribution in [0.15, 0.2) is 76.4 Å². The van der Waals surface area contributed by atoms with Crippen molar-refractivity contribution in [2.75, 3.05) is 23.8 Å². The van der Waals surface area contributed by atoms with Crippen LogP contribution in [0.4, 0.5) is 11.4 Å². The van der Waals surface area contributed by atoms with Crippen molar-refractivity contribution in [3.05, 3.63) is 93.1 Å². The molecule has 3 aromatic rings. The molecule has 39 heavy (non-hydrogen) atoms. The van der Waals surface area contributed by atoms with Gasteiger partial charge in [-0.3, -0.25) is 4.79 Å². The van der Waals surface area contributed by atoms with E-state index in [0.29, 0.717) is 31.1 Å². The third-order valence-corrected chi connectivity index (χ3v) is 8.10. The Bertz CT molecular complexity index is 1410. The Hall–Kier alpha value is -3.25. The highest BCUT2D eigenvalue weighted by molar-refractivity contribution is 9.10. The number of benzene rings is 3. The molecule has 2 N–H and O–H groups in total. The number of ketones is 1. The van der Waals surface area contributed by atoms with Crippen LogP contribution in [0.5, 0.6) is 11.5 Å². The lowest BCUT2D eigenvalue weighted by Gasteiger charge is -2.30. The van der Waals surface area contributed by atoms with E-state index >= 15 is 0 Å². The minimum Gasteiger partial charge on any atom is -0.490 e. The second kappa shape index (κ2) is 11.1. The molecule has 0 saturated heterocycles. The molecule has 0 bridgehead atoms. The van der Waals surface area contributed by atoms with Crippen molar-refractivity contribution in [3.8, 4) is 11.5 Å². The van der Waals surface area contributed by atoms with Gasteiger partial charge in [-0.2, -0.15) is 0 Å². The Labute approximate surface area is 240 Å². The van der Waals surface area contributed by atoms with Crippen LogP contribution >= 0.6 is 15.9 Å². The highest BCUT2D eigenvalue weighted by Crippen LogP contribution is 2.47. The fraction of sp³-hybridized carbons (Fsp3) is 0.364. The molecule has 2 aliphatic rings. The summed E-state index contributed by atoms with van der Waals surface area (Å²) < 4.78 is 12.7. The second-order valence-corrected chi connectivity index (χ2v) is 12.1. The van der Waals surface area contributed by atoms with E-state index in [0.717, 1.165) is 39.1 Å². The van der Waals surface area contributed by atoms with Gasteiger partial charge in [0.05, 0.1) is 35.1 Å². The van der Waals surface area contributed by atoms with E-state index in [1.165, 1.54) is 11.1 Å². The van der Waals surface area contributed by atoms with Crippen LogP contribution in [0.1, 0.15) is 76.1 Å². The van der Waals surface area contributed by atoms with Crippen LogP contribution in [-0.2, 0) is 10.2 Å². The number of Topliss-reactive ketones (excluding diaryl/α,β-unsaturated/α-hetero) is 1. The first-order valence-corrected chi connectivity index (χ1v) is 14.6. The van der Waals surface area contributed by atoms with Crippen LogP contribution in [0.25, 0.3) is 0 Å². The predicted octanol–water partition coefficient (Wildman–Crippen LogP) is 8.52. The third-order valence-electron chi connectivity index (χ3n) is 7.51. The molecule has 1 aliphatic carbocycles. The minimum atomic E-state index is -0.334. The quantitative estimate of drug-likeness (QED) is 0.302. The molecule has 2 atom stereocenters. The molecular formula is C33H37BrN2O3. The van der Waals surface area contributed by atoms with Crippen LogP contribution in [-0.4, -0.2) is 19.0 Å². The lowest BCUT2D eigenvalue weighted by molar-refractivity contribution is -0.116. The summed E-state index contributed by atoms with van der Waals surface area (Å²) in [7, 11) is 0. The standard InChI is InChI=1S/C33H37BrN2O3/c1-6-38-29-19-22(16-24(34)32(29)39-7-2)31-30-27(35-25-10-8-9-11-26(25)36-31)17-21(18-28(30)37)20-12-14-23(15-13-20)33(3,4)5/h8-16,19,21,31,35-36H,6-7,17-18H2,1-5H3. The van der Waals surface area contributed by atoms with Gasteiger partial charge in [0.15, 0.2) is 17.3 Å². The van der Waals surface area contributed by atoms with Gasteiger partial charge in [-0.05, 0) is 88.5 Å². The van der Waals surface area contributed by atoms with E-state index in [-0.39, 0.29) is 23.2 Å². The number of ether oxygens (including phenoxy) is 2. The van der Waals surface area contributed by atoms with E-state index in [1.807, 2.05) is 44.2 Å². The largest absolute Gasteiger partial charge is 0.490 e. The molecule has 6 heteroatoms. The van der Waals surface area contributed by atoms with Crippen LogP contribution < -0.4 is 20.1 Å². The van der Waals surface area contributed by atoms with E-state index in [9.17, 15) is 4.79 Å². The molecular weight excluding hydrogens is 552 g/mol. The predicted molar refractivity (Wildman–Crippen MR) is 162 cm³/mol. The van der Waals surface area contributed by atoms with Crippen molar-refractivity contribution >= 4 is 33.1 Å². The molecule has 0 amide bonds. The molecule has 0 saturated carbocycles. The van der Waals surface area contributed by atoms with Crippen molar-refractivity contribution < 1.29 is 14.3 Å². The maximum absolute atomic E-state index is 14.0. The first-order valence-electron chi connectivity index (χ1n) is 13.8. The SMILES string of the molecule is CCOc1cc(C2Nc3ccccc3NC3=C2C(=O)CC(c2ccc(C(C)(C)C)cc2)C3)cc(Br)c1OCC. The number of fused-ring (bicyclic) bond motifs is 1. The van der Waals surface area contributed by atoms with Gasteiger partial charge >= 0.3 is 0 Å². The number of carbonyl (C=O) groups is 1. The number of anilines is 2. The zero-order valence-corrected chi connectivity index (χ0v) is 24.9. The van der Waals surface area contributed by atoms with Gasteiger partial charge < -0.3 is 20.1 Å². The van der Waals surface area contributed by atoms with E-state index in [2.05, 4.69) is 77.7 Å². The normalized spacial score (nSPS) is 18.9. The molecule has 0 aromatic heterocycles. The summed E-state index contributed by atoms with van der Waals surface area (Å²) >= 11 is 3.70. The van der Waals surface area contributed by atoms with Crippen LogP contribution in [0.3, 0.4) is 0 Å². The second-order valence-electron chi connectivity index (χ2n) is 11.2. The first-order chi connectivity index (χ1) is 18.7. The molecule has 0 fully saturated rings. The van der Waals surface area contributed by atoms with Crippen molar-refractivity contribution in [2.45, 2.75) is 64.8 Å². The zero-order chi connectivity index (χ0) is 27.7. The molecule has 0 radical (unpaired) electrons. The fourth-order valence-corrected chi connectivity index (χ4v) is 6.11. The van der Waals surface area contributed by atoms with Gasteiger partial charge in [-0.25, -0.2) is 0 Å². The lowest BCUT2D eigenvalue weighted by atomic mass is 9.77. The number of nitrogens with one attached hydrogen (secondary N) is 2. The van der Waals surface area contributed by atoms with Crippen molar-refractivity contribution in [1.29, 1.82) is 0 Å². The monoisotopic (exact) mass is 588 g/mol. The third kappa shape index (κ3) is 5.58. The summed E-state index contributed by atoms with van der Waals surface area (Å²) in [6.45, 7) is 11.6. The van der Waals surface area contributed by atoms with E-state index in [4.69, 9.17) is 9.47 Å². The Morgan fingerprint density at radius 2 is 1.59 bits per heavy atom. The van der Waals surface area contributed by atoms with Gasteiger partial charge in [-0.1, -0.05) is 57.2 Å². The van der Waals surface area contributed by atoms with Gasteiger partial charge in [-0.15, -0.1) is 0 Å². The number of carbonyl (C=O) groups excluding carboxylic acids is 1. The fourth-order valence-electron chi connectivity index (χ4n) is 5.54. The zero-order valence-electron chi connectivity index (χ0n) is 23.4. The highest BCUT2D eigenvalue weighted by atomic mass is 79.9. The number of rotatable bonds is 6. The van der Waals surface area contributed by atoms with Crippen molar-refractivity contribution in [3.63, 3.8) is 0 Å².